The number of nitrogens with one attached hydrogen (secondary N) is 1. The molecule has 0 aliphatic heterocycles. The van der Waals surface area contributed by atoms with Crippen LogP contribution in [0.15, 0.2) is 0 Å². The highest BCUT2D eigenvalue weighted by Gasteiger charge is 2.05. The summed E-state index contributed by atoms with van der Waals surface area (Å²) >= 11 is 3.34. The van der Waals surface area contributed by atoms with Crippen molar-refractivity contribution in [1.82, 2.24) is 5.32 Å². The van der Waals surface area contributed by atoms with E-state index >= 15 is 0 Å². The van der Waals surface area contributed by atoms with Crippen LogP contribution in [0.4, 0.5) is 0 Å². The van der Waals surface area contributed by atoms with Gasteiger partial charge in [-0.3, -0.25) is 0 Å². The summed E-state index contributed by atoms with van der Waals surface area (Å²) < 4.78 is 22.1. The molecular weight excluding hydrogens is 254 g/mol. The zero-order valence-electron chi connectivity index (χ0n) is 8.05. The fourth-order valence-electron chi connectivity index (χ4n) is 0.841. The average Bonchev–Trinajstić information content (AvgIpc) is 2.11. The lowest BCUT2D eigenvalue weighted by molar-refractivity contribution is 0.590. The fourth-order valence-corrected chi connectivity index (χ4v) is 1.98. The van der Waals surface area contributed by atoms with E-state index in [0.29, 0.717) is 6.54 Å². The Kier molecular flexibility index (Phi) is 8.00. The molecule has 0 aliphatic carbocycles. The third-order valence-electron chi connectivity index (χ3n) is 1.77. The molecule has 0 saturated carbocycles. The second-order valence-corrected chi connectivity index (χ2v) is 6.15. The van der Waals surface area contributed by atoms with Gasteiger partial charge in [0.05, 0.1) is 5.75 Å². The topological polar surface area (TPSA) is 46.2 Å². The highest BCUT2D eigenvalue weighted by atomic mass is 79.9. The molecule has 0 heterocycles. The fraction of sp³-hybridized carbons (Fsp3) is 1.00. The van der Waals surface area contributed by atoms with Gasteiger partial charge in [-0.1, -0.05) is 22.9 Å². The summed E-state index contributed by atoms with van der Waals surface area (Å²) in [6.07, 6.45) is 2.23. The van der Waals surface area contributed by atoms with Crippen LogP contribution in [0.2, 0.25) is 0 Å². The molecule has 0 bridgehead atoms. The maximum atomic E-state index is 11.0. The molecule has 0 atom stereocenters. The van der Waals surface area contributed by atoms with Gasteiger partial charge in [0, 0.05) is 17.6 Å². The molecule has 0 aromatic heterocycles. The summed E-state index contributed by atoms with van der Waals surface area (Å²) in [7, 11) is -2.78. The third kappa shape index (κ3) is 8.71. The predicted octanol–water partition coefficient (Wildman–Crippen LogP) is 1.19. The van der Waals surface area contributed by atoms with Crippen molar-refractivity contribution in [2.75, 3.05) is 29.9 Å². The average molecular weight is 272 g/mol. The maximum Gasteiger partial charge on any atom is 0.151 e. The van der Waals surface area contributed by atoms with Gasteiger partial charge in [0.25, 0.3) is 0 Å². The maximum absolute atomic E-state index is 11.0. The summed E-state index contributed by atoms with van der Waals surface area (Å²) in [6, 6.07) is 0. The van der Waals surface area contributed by atoms with Crippen molar-refractivity contribution in [2.45, 2.75) is 19.8 Å². The van der Waals surface area contributed by atoms with Crippen LogP contribution in [0.1, 0.15) is 19.8 Å². The number of hydrogen-bond donors (Lipinski definition) is 1. The molecule has 80 valence electrons. The lowest BCUT2D eigenvalue weighted by Crippen LogP contribution is -2.24. The Morgan fingerprint density at radius 3 is 2.46 bits per heavy atom. The van der Waals surface area contributed by atoms with Crippen molar-refractivity contribution in [3.8, 4) is 0 Å². The van der Waals surface area contributed by atoms with Crippen LogP contribution in [-0.2, 0) is 9.84 Å². The Morgan fingerprint density at radius 1 is 1.23 bits per heavy atom. The quantitative estimate of drug-likeness (QED) is 0.533. The molecule has 1 N–H and O–H groups in total. The molecule has 5 heteroatoms. The Bertz CT molecular complexity index is 204. The van der Waals surface area contributed by atoms with Gasteiger partial charge in [0.2, 0.25) is 0 Å². The number of unbranched alkanes of at least 4 members (excludes halogenated alkanes) is 1. The van der Waals surface area contributed by atoms with Crippen LogP contribution in [0, 0.1) is 0 Å². The first kappa shape index (κ1) is 13.4. The third-order valence-corrected chi connectivity index (χ3v) is 4.03. The Hall–Kier alpha value is 0.390. The van der Waals surface area contributed by atoms with Gasteiger partial charge in [0.15, 0.2) is 9.84 Å². The van der Waals surface area contributed by atoms with E-state index in [9.17, 15) is 8.42 Å². The van der Waals surface area contributed by atoms with Crippen molar-refractivity contribution in [3.63, 3.8) is 0 Å². The Labute approximate surface area is 89.3 Å². The minimum absolute atomic E-state index is 0.246. The number of halogens is 1. The van der Waals surface area contributed by atoms with E-state index in [-0.39, 0.29) is 11.5 Å². The van der Waals surface area contributed by atoms with Crippen molar-refractivity contribution in [2.24, 2.45) is 0 Å². The van der Waals surface area contributed by atoms with Gasteiger partial charge in [-0.05, 0) is 19.4 Å². The molecule has 0 fully saturated rings. The van der Waals surface area contributed by atoms with E-state index in [0.717, 1.165) is 24.7 Å². The van der Waals surface area contributed by atoms with Gasteiger partial charge in [0.1, 0.15) is 0 Å². The molecule has 3 nitrogen and oxygen atoms in total. The second-order valence-electron chi connectivity index (χ2n) is 2.88. The normalized spacial score (nSPS) is 11.8. The largest absolute Gasteiger partial charge is 0.316 e. The molecule has 0 aromatic rings. The van der Waals surface area contributed by atoms with Crippen LogP contribution in [0.3, 0.4) is 0 Å². The van der Waals surface area contributed by atoms with Crippen molar-refractivity contribution in [3.05, 3.63) is 0 Å². The molecule has 0 spiro atoms. The van der Waals surface area contributed by atoms with E-state index in [2.05, 4.69) is 21.2 Å². The summed E-state index contributed by atoms with van der Waals surface area (Å²) in [5.74, 6) is 0.508. The molecule has 0 saturated heterocycles. The van der Waals surface area contributed by atoms with E-state index in [4.69, 9.17) is 0 Å². The van der Waals surface area contributed by atoms with E-state index in [1.54, 1.807) is 6.92 Å². The zero-order chi connectivity index (χ0) is 10.2. The zero-order valence-corrected chi connectivity index (χ0v) is 10.5. The second kappa shape index (κ2) is 7.76. The first-order valence-corrected chi connectivity index (χ1v) is 7.53. The molecule has 13 heavy (non-hydrogen) atoms. The number of alkyl halides is 1. The van der Waals surface area contributed by atoms with Crippen LogP contribution in [0.25, 0.3) is 0 Å². The Balaban J connectivity index is 3.26. The summed E-state index contributed by atoms with van der Waals surface area (Å²) in [5, 5.41) is 4.13. The van der Waals surface area contributed by atoms with Crippen LogP contribution >= 0.6 is 15.9 Å². The first-order chi connectivity index (χ1) is 6.12. The monoisotopic (exact) mass is 271 g/mol. The summed E-state index contributed by atoms with van der Waals surface area (Å²) in [4.78, 5) is 0. The van der Waals surface area contributed by atoms with Gasteiger partial charge >= 0.3 is 0 Å². The smallest absolute Gasteiger partial charge is 0.151 e. The van der Waals surface area contributed by atoms with E-state index < -0.39 is 9.84 Å². The number of rotatable bonds is 8. The lowest BCUT2D eigenvalue weighted by Gasteiger charge is -2.03. The molecular formula is C8H18BrNO2S. The van der Waals surface area contributed by atoms with E-state index in [1.807, 2.05) is 0 Å². The van der Waals surface area contributed by atoms with Crippen molar-refractivity contribution in [1.29, 1.82) is 0 Å². The summed E-state index contributed by atoms with van der Waals surface area (Å²) in [5.41, 5.74) is 0. The lowest BCUT2D eigenvalue weighted by atomic mass is 10.3. The first-order valence-electron chi connectivity index (χ1n) is 4.59. The van der Waals surface area contributed by atoms with Crippen LogP contribution in [0.5, 0.6) is 0 Å². The molecule has 0 unspecified atom stereocenters. The Morgan fingerprint density at radius 2 is 1.92 bits per heavy atom. The molecule has 0 radical (unpaired) electrons. The highest BCUT2D eigenvalue weighted by Crippen LogP contribution is 1.92. The van der Waals surface area contributed by atoms with Crippen molar-refractivity contribution >= 4 is 25.8 Å². The van der Waals surface area contributed by atoms with Gasteiger partial charge < -0.3 is 5.32 Å². The molecule has 0 amide bonds. The van der Waals surface area contributed by atoms with Crippen LogP contribution < -0.4 is 5.32 Å². The highest BCUT2D eigenvalue weighted by molar-refractivity contribution is 9.09. The standard InChI is InChI=1S/C8H18BrNO2S/c1-2-13(11,12)8-7-10-6-4-3-5-9/h10H,2-8H2,1H3. The van der Waals surface area contributed by atoms with Crippen LogP contribution in [-0.4, -0.2) is 38.3 Å². The molecule has 0 rings (SSSR count). The SMILES string of the molecule is CCS(=O)(=O)CCNCCCCBr. The van der Waals surface area contributed by atoms with Gasteiger partial charge in [-0.15, -0.1) is 0 Å². The number of sulfone groups is 1. The number of hydrogen-bond acceptors (Lipinski definition) is 3. The molecule has 0 aromatic carbocycles. The minimum atomic E-state index is -2.78. The summed E-state index contributed by atoms with van der Waals surface area (Å²) in [6.45, 7) is 3.17. The van der Waals surface area contributed by atoms with Gasteiger partial charge in [-0.2, -0.15) is 0 Å². The predicted molar refractivity (Wildman–Crippen MR) is 60.2 cm³/mol. The van der Waals surface area contributed by atoms with Gasteiger partial charge in [-0.25, -0.2) is 8.42 Å². The van der Waals surface area contributed by atoms with Crippen molar-refractivity contribution < 1.29 is 8.42 Å². The molecule has 0 aliphatic rings. The van der Waals surface area contributed by atoms with E-state index in [1.165, 1.54) is 0 Å². The minimum Gasteiger partial charge on any atom is -0.316 e.